The van der Waals surface area contributed by atoms with Gasteiger partial charge in [0.25, 0.3) is 0 Å². The van der Waals surface area contributed by atoms with Crippen LogP contribution in [0.2, 0.25) is 0 Å². The Kier molecular flexibility index (Phi) is 4.92. The highest BCUT2D eigenvalue weighted by atomic mass is 16.5. The summed E-state index contributed by atoms with van der Waals surface area (Å²) < 4.78 is 4.50. The highest BCUT2D eigenvalue weighted by Crippen LogP contribution is 2.13. The van der Waals surface area contributed by atoms with Crippen molar-refractivity contribution in [3.63, 3.8) is 0 Å². The lowest BCUT2D eigenvalue weighted by molar-refractivity contribution is -0.135. The molecule has 0 bridgehead atoms. The molecule has 0 spiro atoms. The number of hydrogen-bond donors (Lipinski definition) is 2. The van der Waals surface area contributed by atoms with Gasteiger partial charge in [-0.1, -0.05) is 30.3 Å². The summed E-state index contributed by atoms with van der Waals surface area (Å²) in [5.74, 6) is -1.00. The predicted molar refractivity (Wildman–Crippen MR) is 67.3 cm³/mol. The molecule has 1 aromatic rings. The van der Waals surface area contributed by atoms with E-state index in [1.165, 1.54) is 13.2 Å². The van der Waals surface area contributed by atoms with Gasteiger partial charge in [0.2, 0.25) is 5.91 Å². The highest BCUT2D eigenvalue weighted by molar-refractivity contribution is 5.84. The van der Waals surface area contributed by atoms with E-state index in [4.69, 9.17) is 5.73 Å². The largest absolute Gasteiger partial charge is 0.466 e. The molecule has 1 rings (SSSR count). The van der Waals surface area contributed by atoms with E-state index in [1.54, 1.807) is 19.1 Å². The van der Waals surface area contributed by atoms with Crippen molar-refractivity contribution in [2.24, 2.45) is 5.73 Å². The van der Waals surface area contributed by atoms with Gasteiger partial charge in [0, 0.05) is 11.8 Å². The molecule has 0 aromatic heterocycles. The molecule has 0 saturated carbocycles. The van der Waals surface area contributed by atoms with Crippen molar-refractivity contribution in [3.8, 4) is 0 Å². The summed E-state index contributed by atoms with van der Waals surface area (Å²) in [4.78, 5) is 22.5. The Morgan fingerprint density at radius 2 is 1.94 bits per heavy atom. The molecule has 18 heavy (non-hydrogen) atoms. The summed E-state index contributed by atoms with van der Waals surface area (Å²) in [6.45, 7) is 1.66. The summed E-state index contributed by atoms with van der Waals surface area (Å²) in [6, 6.07) is 8.37. The molecule has 5 nitrogen and oxygen atoms in total. The monoisotopic (exact) mass is 248 g/mol. The van der Waals surface area contributed by atoms with Crippen molar-refractivity contribution in [3.05, 3.63) is 47.7 Å². The van der Waals surface area contributed by atoms with Gasteiger partial charge in [-0.3, -0.25) is 4.79 Å². The maximum atomic E-state index is 11.4. The van der Waals surface area contributed by atoms with Crippen molar-refractivity contribution in [2.45, 2.75) is 13.0 Å². The topological polar surface area (TPSA) is 81.4 Å². The van der Waals surface area contributed by atoms with E-state index in [0.717, 1.165) is 5.56 Å². The second-order valence-electron chi connectivity index (χ2n) is 3.74. The van der Waals surface area contributed by atoms with Crippen molar-refractivity contribution in [1.82, 2.24) is 5.32 Å². The molecule has 0 aliphatic carbocycles. The fraction of sp³-hybridized carbons (Fsp3) is 0.231. The third kappa shape index (κ3) is 3.93. The van der Waals surface area contributed by atoms with Crippen LogP contribution in [0.25, 0.3) is 0 Å². The summed E-state index contributed by atoms with van der Waals surface area (Å²) >= 11 is 0. The Balaban J connectivity index is 2.86. The lowest BCUT2D eigenvalue weighted by atomic mass is 10.1. The number of primary amides is 1. The summed E-state index contributed by atoms with van der Waals surface area (Å²) in [5.41, 5.74) is 6.58. The second-order valence-corrected chi connectivity index (χ2v) is 3.74. The van der Waals surface area contributed by atoms with Crippen LogP contribution in [0.5, 0.6) is 0 Å². The second kappa shape index (κ2) is 6.44. The minimum Gasteiger partial charge on any atom is -0.466 e. The molecule has 0 heterocycles. The van der Waals surface area contributed by atoms with E-state index >= 15 is 0 Å². The number of carbonyl (C=O) groups excluding carboxylic acids is 2. The number of esters is 1. The van der Waals surface area contributed by atoms with Gasteiger partial charge in [-0.2, -0.15) is 0 Å². The fourth-order valence-corrected chi connectivity index (χ4v) is 1.47. The molecule has 0 fully saturated rings. The number of hydrogen-bond acceptors (Lipinski definition) is 4. The Hall–Kier alpha value is -2.30. The van der Waals surface area contributed by atoms with Crippen LogP contribution >= 0.6 is 0 Å². The Labute approximate surface area is 106 Å². The number of carbonyl (C=O) groups is 2. The number of rotatable bonds is 5. The molecule has 1 aromatic carbocycles. The molecular weight excluding hydrogens is 232 g/mol. The zero-order chi connectivity index (χ0) is 13.5. The van der Waals surface area contributed by atoms with Crippen molar-refractivity contribution < 1.29 is 14.3 Å². The first-order chi connectivity index (χ1) is 8.54. The number of allylic oxidation sites excluding steroid dienone is 1. The number of methoxy groups -OCH3 is 1. The fourth-order valence-electron chi connectivity index (χ4n) is 1.47. The zero-order valence-electron chi connectivity index (χ0n) is 10.3. The number of nitrogens with two attached hydrogens (primary N) is 1. The molecule has 0 aliphatic rings. The van der Waals surface area contributed by atoms with Crippen LogP contribution in [-0.4, -0.2) is 19.0 Å². The quantitative estimate of drug-likeness (QED) is 0.598. The first kappa shape index (κ1) is 13.8. The third-order valence-electron chi connectivity index (χ3n) is 2.32. The van der Waals surface area contributed by atoms with Crippen LogP contribution in [0, 0.1) is 0 Å². The molecule has 96 valence electrons. The molecular formula is C13H16N2O3. The van der Waals surface area contributed by atoms with Gasteiger partial charge in [0.1, 0.15) is 6.04 Å². The summed E-state index contributed by atoms with van der Waals surface area (Å²) in [7, 11) is 1.29. The van der Waals surface area contributed by atoms with Gasteiger partial charge in [-0.15, -0.1) is 0 Å². The molecule has 0 radical (unpaired) electrons. The number of ether oxygens (including phenoxy) is 1. The van der Waals surface area contributed by atoms with Crippen LogP contribution in [0.4, 0.5) is 0 Å². The average molecular weight is 248 g/mol. The molecule has 0 saturated heterocycles. The van der Waals surface area contributed by atoms with E-state index in [1.807, 2.05) is 18.2 Å². The van der Waals surface area contributed by atoms with Crippen LogP contribution in [0.1, 0.15) is 18.5 Å². The average Bonchev–Trinajstić information content (AvgIpc) is 2.36. The summed E-state index contributed by atoms with van der Waals surface area (Å²) in [6.07, 6.45) is 1.26. The van der Waals surface area contributed by atoms with Gasteiger partial charge >= 0.3 is 5.97 Å². The maximum Gasteiger partial charge on any atom is 0.332 e. The summed E-state index contributed by atoms with van der Waals surface area (Å²) in [5, 5.41) is 2.88. The lowest BCUT2D eigenvalue weighted by Crippen LogP contribution is -2.32. The smallest absolute Gasteiger partial charge is 0.332 e. The Morgan fingerprint density at radius 3 is 2.44 bits per heavy atom. The number of benzene rings is 1. The minimum atomic E-state index is -0.674. The third-order valence-corrected chi connectivity index (χ3v) is 2.32. The lowest BCUT2D eigenvalue weighted by Gasteiger charge is -2.17. The zero-order valence-corrected chi connectivity index (χ0v) is 10.3. The van der Waals surface area contributed by atoms with Crippen molar-refractivity contribution in [2.75, 3.05) is 7.11 Å². The van der Waals surface area contributed by atoms with E-state index in [9.17, 15) is 9.59 Å². The van der Waals surface area contributed by atoms with Gasteiger partial charge in [0.05, 0.1) is 7.11 Å². The molecule has 1 atom stereocenters. The highest BCUT2D eigenvalue weighted by Gasteiger charge is 2.17. The van der Waals surface area contributed by atoms with Crippen LogP contribution in [0.15, 0.2) is 42.1 Å². The van der Waals surface area contributed by atoms with Crippen LogP contribution < -0.4 is 11.1 Å². The Bertz CT molecular complexity index is 455. The van der Waals surface area contributed by atoms with E-state index in [2.05, 4.69) is 10.1 Å². The van der Waals surface area contributed by atoms with Crippen LogP contribution in [-0.2, 0) is 14.3 Å². The van der Waals surface area contributed by atoms with Gasteiger partial charge in [-0.05, 0) is 12.5 Å². The maximum absolute atomic E-state index is 11.4. The standard InChI is InChI=1S/C13H16N2O3/c1-9(8-11(16)18-2)15-12(13(14)17)10-6-4-3-5-7-10/h3-8,12,15H,1-2H3,(H2,14,17). The van der Waals surface area contributed by atoms with Crippen molar-refractivity contribution in [1.29, 1.82) is 0 Å². The van der Waals surface area contributed by atoms with Gasteiger partial charge < -0.3 is 15.8 Å². The van der Waals surface area contributed by atoms with E-state index in [0.29, 0.717) is 5.70 Å². The van der Waals surface area contributed by atoms with Crippen LogP contribution in [0.3, 0.4) is 0 Å². The SMILES string of the molecule is COC(=O)C=C(C)NC(C(N)=O)c1ccccc1. The molecule has 0 aliphatic heterocycles. The van der Waals surface area contributed by atoms with E-state index in [-0.39, 0.29) is 0 Å². The molecule has 1 amide bonds. The number of amides is 1. The van der Waals surface area contributed by atoms with Gasteiger partial charge in [0.15, 0.2) is 0 Å². The minimum absolute atomic E-state index is 0.490. The Morgan fingerprint density at radius 1 is 1.33 bits per heavy atom. The molecule has 3 N–H and O–H groups in total. The predicted octanol–water partition coefficient (Wildman–Crippen LogP) is 0.879. The molecule has 5 heteroatoms. The van der Waals surface area contributed by atoms with Crippen molar-refractivity contribution >= 4 is 11.9 Å². The first-order valence-electron chi connectivity index (χ1n) is 5.41. The van der Waals surface area contributed by atoms with Gasteiger partial charge in [-0.25, -0.2) is 4.79 Å². The van der Waals surface area contributed by atoms with E-state index < -0.39 is 17.9 Å². The number of nitrogens with one attached hydrogen (secondary N) is 1. The first-order valence-corrected chi connectivity index (χ1v) is 5.41. The molecule has 1 unspecified atom stereocenters. The normalized spacial score (nSPS) is 12.7.